The quantitative estimate of drug-likeness (QED) is 0.856. The van der Waals surface area contributed by atoms with Gasteiger partial charge < -0.3 is 15.4 Å². The lowest BCUT2D eigenvalue weighted by atomic mass is 10.3. The number of carbonyl (C=O) groups excluding carboxylic acids is 1. The summed E-state index contributed by atoms with van der Waals surface area (Å²) in [6.07, 6.45) is -2.88. The van der Waals surface area contributed by atoms with Gasteiger partial charge in [-0.25, -0.2) is 0 Å². The van der Waals surface area contributed by atoms with Crippen molar-refractivity contribution in [2.45, 2.75) is 25.2 Å². The second-order valence-corrected chi connectivity index (χ2v) is 5.30. The summed E-state index contributed by atoms with van der Waals surface area (Å²) in [4.78, 5) is 11.5. The number of amides is 1. The minimum atomic E-state index is -4.78. The van der Waals surface area contributed by atoms with Crippen LogP contribution < -0.4 is 15.4 Å². The van der Waals surface area contributed by atoms with Crippen LogP contribution in [0, 0.1) is 0 Å². The minimum absolute atomic E-state index is 0.105. The Hall–Kier alpha value is -1.44. The fourth-order valence-electron chi connectivity index (χ4n) is 1.53. The lowest BCUT2D eigenvalue weighted by Gasteiger charge is -2.15. The lowest BCUT2D eigenvalue weighted by Crippen LogP contribution is -2.31. The van der Waals surface area contributed by atoms with Gasteiger partial charge in [-0.3, -0.25) is 4.79 Å². The van der Waals surface area contributed by atoms with Gasteiger partial charge in [-0.1, -0.05) is 15.9 Å². The van der Waals surface area contributed by atoms with Crippen molar-refractivity contribution in [2.75, 3.05) is 11.9 Å². The fraction of sp³-hybridized carbons (Fsp3) is 0.417. The molecule has 0 aliphatic heterocycles. The largest absolute Gasteiger partial charge is 0.573 e. The van der Waals surface area contributed by atoms with Crippen molar-refractivity contribution in [2.24, 2.45) is 0 Å². The Morgan fingerprint density at radius 1 is 1.40 bits per heavy atom. The first kappa shape index (κ1) is 15.0. The third-order valence-electron chi connectivity index (χ3n) is 2.55. The van der Waals surface area contributed by atoms with E-state index in [1.807, 2.05) is 0 Å². The van der Waals surface area contributed by atoms with Gasteiger partial charge in [0.05, 0.1) is 12.2 Å². The molecule has 1 aromatic rings. The zero-order chi connectivity index (χ0) is 14.8. The summed E-state index contributed by atoms with van der Waals surface area (Å²) in [5.74, 6) is -0.639. The van der Waals surface area contributed by atoms with E-state index in [1.165, 1.54) is 12.1 Å². The summed E-state index contributed by atoms with van der Waals surface area (Å²) in [6.45, 7) is -0.105. The van der Waals surface area contributed by atoms with Crippen LogP contribution in [0.1, 0.15) is 12.8 Å². The molecule has 2 rings (SSSR count). The predicted molar refractivity (Wildman–Crippen MR) is 70.5 cm³/mol. The molecule has 1 saturated carbocycles. The number of alkyl halides is 3. The minimum Gasteiger partial charge on any atom is -0.404 e. The smallest absolute Gasteiger partial charge is 0.404 e. The second-order valence-electron chi connectivity index (χ2n) is 4.38. The molecule has 0 spiro atoms. The number of hydrogen-bond donors (Lipinski definition) is 2. The number of benzene rings is 1. The first-order valence-corrected chi connectivity index (χ1v) is 6.71. The Bertz CT molecular complexity index is 504. The van der Waals surface area contributed by atoms with Gasteiger partial charge in [-0.2, -0.15) is 0 Å². The first-order chi connectivity index (χ1) is 9.33. The van der Waals surface area contributed by atoms with Crippen molar-refractivity contribution >= 4 is 27.5 Å². The molecule has 1 aliphatic carbocycles. The van der Waals surface area contributed by atoms with Crippen molar-refractivity contribution in [3.8, 4) is 5.75 Å². The van der Waals surface area contributed by atoms with Crippen LogP contribution in [0.4, 0.5) is 18.9 Å². The Morgan fingerprint density at radius 2 is 2.10 bits per heavy atom. The average molecular weight is 353 g/mol. The maximum absolute atomic E-state index is 12.3. The number of hydrogen-bond acceptors (Lipinski definition) is 3. The molecule has 2 N–H and O–H groups in total. The number of ether oxygens (including phenoxy) is 1. The topological polar surface area (TPSA) is 50.4 Å². The van der Waals surface area contributed by atoms with Crippen molar-refractivity contribution in [3.05, 3.63) is 22.7 Å². The maximum Gasteiger partial charge on any atom is 0.573 e. The molecular weight excluding hydrogens is 341 g/mol. The fourth-order valence-corrected chi connectivity index (χ4v) is 1.87. The maximum atomic E-state index is 12.3. The van der Waals surface area contributed by atoms with Gasteiger partial charge in [0.1, 0.15) is 0 Å². The normalized spacial score (nSPS) is 14.8. The molecule has 0 aromatic heterocycles. The van der Waals surface area contributed by atoms with E-state index in [-0.39, 0.29) is 29.9 Å². The van der Waals surface area contributed by atoms with Gasteiger partial charge >= 0.3 is 6.36 Å². The molecule has 8 heteroatoms. The van der Waals surface area contributed by atoms with Crippen molar-refractivity contribution < 1.29 is 22.7 Å². The monoisotopic (exact) mass is 352 g/mol. The van der Waals surface area contributed by atoms with Crippen LogP contribution in [0.15, 0.2) is 22.7 Å². The first-order valence-electron chi connectivity index (χ1n) is 5.92. The highest BCUT2D eigenvalue weighted by atomic mass is 79.9. The number of carbonyl (C=O) groups is 1. The molecule has 0 unspecified atom stereocenters. The van der Waals surface area contributed by atoms with Gasteiger partial charge in [0, 0.05) is 10.5 Å². The van der Waals surface area contributed by atoms with E-state index in [2.05, 4.69) is 31.3 Å². The summed E-state index contributed by atoms with van der Waals surface area (Å²) >= 11 is 3.07. The Kier molecular flexibility index (Phi) is 4.42. The predicted octanol–water partition coefficient (Wildman–Crippen LogP) is 3.04. The van der Waals surface area contributed by atoms with Crippen LogP contribution in [0.25, 0.3) is 0 Å². The van der Waals surface area contributed by atoms with Gasteiger partial charge in [-0.05, 0) is 31.0 Å². The molecule has 1 amide bonds. The molecule has 0 saturated heterocycles. The van der Waals surface area contributed by atoms with E-state index in [1.54, 1.807) is 6.07 Å². The number of anilines is 1. The second kappa shape index (κ2) is 5.90. The molecule has 1 aromatic carbocycles. The number of nitrogens with one attached hydrogen (secondary N) is 2. The third-order valence-corrected chi connectivity index (χ3v) is 3.04. The number of rotatable bonds is 5. The standard InChI is InChI=1S/C12H12BrF3N2O2/c13-7-1-4-9(10(5-7)20-12(14,15)16)17-6-11(19)18-8-2-3-8/h1,4-5,8,17H,2-3,6H2,(H,18,19). The zero-order valence-corrected chi connectivity index (χ0v) is 11.8. The molecular formula is C12H12BrF3N2O2. The van der Waals surface area contributed by atoms with Crippen LogP contribution >= 0.6 is 15.9 Å². The third kappa shape index (κ3) is 4.92. The van der Waals surface area contributed by atoms with Crippen molar-refractivity contribution in [3.63, 3.8) is 0 Å². The van der Waals surface area contributed by atoms with Crippen molar-refractivity contribution in [1.29, 1.82) is 0 Å². The molecule has 4 nitrogen and oxygen atoms in total. The summed E-state index contributed by atoms with van der Waals surface area (Å²) in [6, 6.07) is 4.37. The van der Waals surface area contributed by atoms with E-state index in [4.69, 9.17) is 0 Å². The van der Waals surface area contributed by atoms with Gasteiger partial charge in [0.2, 0.25) is 5.91 Å². The van der Waals surface area contributed by atoms with E-state index in [9.17, 15) is 18.0 Å². The van der Waals surface area contributed by atoms with Crippen LogP contribution in [-0.4, -0.2) is 24.9 Å². The van der Waals surface area contributed by atoms with Crippen molar-refractivity contribution in [1.82, 2.24) is 5.32 Å². The van der Waals surface area contributed by atoms with E-state index in [0.29, 0.717) is 4.47 Å². The molecule has 1 fully saturated rings. The van der Waals surface area contributed by atoms with E-state index < -0.39 is 6.36 Å². The van der Waals surface area contributed by atoms with Crippen LogP contribution in [0.2, 0.25) is 0 Å². The molecule has 0 heterocycles. The summed E-state index contributed by atoms with van der Waals surface area (Å²) in [7, 11) is 0. The Morgan fingerprint density at radius 3 is 2.70 bits per heavy atom. The highest BCUT2D eigenvalue weighted by molar-refractivity contribution is 9.10. The zero-order valence-electron chi connectivity index (χ0n) is 10.3. The van der Waals surface area contributed by atoms with E-state index in [0.717, 1.165) is 12.8 Å². The van der Waals surface area contributed by atoms with E-state index >= 15 is 0 Å². The molecule has 0 radical (unpaired) electrons. The highest BCUT2D eigenvalue weighted by Gasteiger charge is 2.32. The number of halogens is 4. The Balaban J connectivity index is 1.99. The van der Waals surface area contributed by atoms with Crippen LogP contribution in [0.5, 0.6) is 5.75 Å². The van der Waals surface area contributed by atoms with Gasteiger partial charge in [-0.15, -0.1) is 13.2 Å². The summed E-state index contributed by atoms with van der Waals surface area (Å²) in [5, 5.41) is 5.37. The van der Waals surface area contributed by atoms with Crippen LogP contribution in [0.3, 0.4) is 0 Å². The molecule has 1 aliphatic rings. The molecule has 0 bridgehead atoms. The SMILES string of the molecule is O=C(CNc1ccc(Br)cc1OC(F)(F)F)NC1CC1. The highest BCUT2D eigenvalue weighted by Crippen LogP contribution is 2.32. The lowest BCUT2D eigenvalue weighted by molar-refractivity contribution is -0.274. The summed E-state index contributed by atoms with van der Waals surface area (Å²) in [5.41, 5.74) is 0.108. The molecule has 20 heavy (non-hydrogen) atoms. The molecule has 110 valence electrons. The van der Waals surface area contributed by atoms with Gasteiger partial charge in [0.15, 0.2) is 5.75 Å². The Labute approximate surface area is 121 Å². The molecule has 0 atom stereocenters. The average Bonchev–Trinajstić information content (AvgIpc) is 3.09. The van der Waals surface area contributed by atoms with Crippen LogP contribution in [-0.2, 0) is 4.79 Å². The van der Waals surface area contributed by atoms with Gasteiger partial charge in [0.25, 0.3) is 0 Å². The summed E-state index contributed by atoms with van der Waals surface area (Å²) < 4.78 is 41.2.